The minimum atomic E-state index is -0.174. The number of carbonyl (C=O) groups is 1. The summed E-state index contributed by atoms with van der Waals surface area (Å²) < 4.78 is 10.8. The van der Waals surface area contributed by atoms with Crippen LogP contribution in [0.15, 0.2) is 48.5 Å². The van der Waals surface area contributed by atoms with Gasteiger partial charge in [0, 0.05) is 31.6 Å². The van der Waals surface area contributed by atoms with Gasteiger partial charge >= 0.3 is 0 Å². The molecule has 0 bridgehead atoms. The lowest BCUT2D eigenvalue weighted by Gasteiger charge is -2.35. The SMILES string of the molecule is COc1ccccc1N1CCN(CC#CCNC(=O)c2nsc3ccccc23)CC1. The number of methoxy groups -OCH3 is 1. The number of nitrogens with zero attached hydrogens (tertiary/aromatic N) is 3. The third-order valence-electron chi connectivity index (χ3n) is 5.16. The standard InChI is InChI=1S/C23H24N4O2S/c1-29-20-10-4-3-9-19(20)27-16-14-26(15-17-27)13-7-6-12-24-23(28)22-18-8-2-5-11-21(18)30-25-22/h2-5,8-11H,12-17H2,1H3,(H,24,28). The van der Waals surface area contributed by atoms with Gasteiger partial charge in [-0.15, -0.1) is 0 Å². The molecular weight excluding hydrogens is 396 g/mol. The fourth-order valence-corrected chi connectivity index (χ4v) is 4.30. The van der Waals surface area contributed by atoms with Crippen LogP contribution >= 0.6 is 11.5 Å². The number of para-hydroxylation sites is 2. The summed E-state index contributed by atoms with van der Waals surface area (Å²) in [7, 11) is 1.71. The summed E-state index contributed by atoms with van der Waals surface area (Å²) >= 11 is 1.34. The molecule has 1 aliphatic rings. The van der Waals surface area contributed by atoms with Crippen molar-refractivity contribution in [1.29, 1.82) is 0 Å². The third-order valence-corrected chi connectivity index (χ3v) is 5.98. The van der Waals surface area contributed by atoms with Crippen LogP contribution in [0.3, 0.4) is 0 Å². The van der Waals surface area contributed by atoms with Crippen molar-refractivity contribution >= 4 is 33.2 Å². The highest BCUT2D eigenvalue weighted by Gasteiger charge is 2.18. The Kier molecular flexibility index (Phi) is 6.47. The van der Waals surface area contributed by atoms with Gasteiger partial charge in [0.2, 0.25) is 0 Å². The summed E-state index contributed by atoms with van der Waals surface area (Å²) in [5.41, 5.74) is 1.62. The molecule has 0 atom stereocenters. The van der Waals surface area contributed by atoms with Crippen molar-refractivity contribution < 1.29 is 9.53 Å². The van der Waals surface area contributed by atoms with Crippen LogP contribution in [0.1, 0.15) is 10.5 Å². The van der Waals surface area contributed by atoms with Crippen LogP contribution in [-0.4, -0.2) is 61.6 Å². The molecule has 6 nitrogen and oxygen atoms in total. The maximum atomic E-state index is 12.3. The van der Waals surface area contributed by atoms with E-state index >= 15 is 0 Å². The first-order valence-electron chi connectivity index (χ1n) is 9.95. The molecule has 0 spiro atoms. The highest BCUT2D eigenvalue weighted by molar-refractivity contribution is 7.13. The number of hydrogen-bond acceptors (Lipinski definition) is 6. The zero-order valence-electron chi connectivity index (χ0n) is 16.9. The summed E-state index contributed by atoms with van der Waals surface area (Å²) in [6, 6.07) is 15.9. The molecule has 1 amide bonds. The Morgan fingerprint density at radius 2 is 1.87 bits per heavy atom. The highest BCUT2D eigenvalue weighted by atomic mass is 32.1. The Morgan fingerprint density at radius 1 is 1.10 bits per heavy atom. The fraction of sp³-hybridized carbons (Fsp3) is 0.304. The van der Waals surface area contributed by atoms with E-state index in [0.717, 1.165) is 47.7 Å². The monoisotopic (exact) mass is 420 g/mol. The van der Waals surface area contributed by atoms with Crippen molar-refractivity contribution in [3.8, 4) is 17.6 Å². The van der Waals surface area contributed by atoms with E-state index in [4.69, 9.17) is 4.74 Å². The molecule has 0 unspecified atom stereocenters. The summed E-state index contributed by atoms with van der Waals surface area (Å²) in [6.07, 6.45) is 0. The van der Waals surface area contributed by atoms with E-state index in [1.54, 1.807) is 7.11 Å². The molecule has 1 N–H and O–H groups in total. The summed E-state index contributed by atoms with van der Waals surface area (Å²) in [4.78, 5) is 17.0. The van der Waals surface area contributed by atoms with Crippen molar-refractivity contribution in [1.82, 2.24) is 14.6 Å². The largest absolute Gasteiger partial charge is 0.495 e. The van der Waals surface area contributed by atoms with Crippen molar-refractivity contribution in [3.63, 3.8) is 0 Å². The van der Waals surface area contributed by atoms with Crippen LogP contribution in [-0.2, 0) is 0 Å². The first kappa shape index (κ1) is 20.2. The zero-order chi connectivity index (χ0) is 20.8. The number of hydrogen-bond donors (Lipinski definition) is 1. The van der Waals surface area contributed by atoms with Gasteiger partial charge in [0.1, 0.15) is 11.4 Å². The van der Waals surface area contributed by atoms with E-state index < -0.39 is 0 Å². The first-order chi connectivity index (χ1) is 14.8. The van der Waals surface area contributed by atoms with E-state index in [9.17, 15) is 4.79 Å². The normalized spacial score (nSPS) is 14.2. The lowest BCUT2D eigenvalue weighted by atomic mass is 10.2. The van der Waals surface area contributed by atoms with E-state index in [2.05, 4.69) is 37.4 Å². The van der Waals surface area contributed by atoms with Crippen molar-refractivity contribution in [2.45, 2.75) is 0 Å². The van der Waals surface area contributed by atoms with Crippen LogP contribution in [0.5, 0.6) is 5.75 Å². The van der Waals surface area contributed by atoms with Gasteiger partial charge in [-0.3, -0.25) is 9.69 Å². The second-order valence-electron chi connectivity index (χ2n) is 7.00. The predicted molar refractivity (Wildman–Crippen MR) is 121 cm³/mol. The van der Waals surface area contributed by atoms with Crippen LogP contribution in [0.25, 0.3) is 10.1 Å². The number of aromatic nitrogens is 1. The Balaban J connectivity index is 1.23. The molecule has 2 aromatic carbocycles. The lowest BCUT2D eigenvalue weighted by Crippen LogP contribution is -2.46. The molecule has 0 saturated carbocycles. The molecule has 0 radical (unpaired) electrons. The van der Waals surface area contributed by atoms with E-state index in [1.807, 2.05) is 42.5 Å². The van der Waals surface area contributed by atoms with Crippen LogP contribution in [0.2, 0.25) is 0 Å². The molecule has 7 heteroatoms. The minimum Gasteiger partial charge on any atom is -0.495 e. The van der Waals surface area contributed by atoms with Crippen LogP contribution < -0.4 is 15.0 Å². The molecule has 3 aromatic rings. The van der Waals surface area contributed by atoms with E-state index in [-0.39, 0.29) is 5.91 Å². The maximum absolute atomic E-state index is 12.3. The number of ether oxygens (including phenoxy) is 1. The summed E-state index contributed by atoms with van der Waals surface area (Å²) in [5, 5.41) is 3.74. The Bertz CT molecular complexity index is 1080. The number of carbonyl (C=O) groups excluding carboxylic acids is 1. The second kappa shape index (κ2) is 9.61. The molecule has 30 heavy (non-hydrogen) atoms. The van der Waals surface area contributed by atoms with Gasteiger partial charge in [-0.05, 0) is 29.7 Å². The summed E-state index contributed by atoms with van der Waals surface area (Å²) in [5.74, 6) is 6.96. The van der Waals surface area contributed by atoms with Gasteiger partial charge in [-0.1, -0.05) is 42.2 Å². The van der Waals surface area contributed by atoms with Crippen molar-refractivity contribution in [2.24, 2.45) is 0 Å². The number of rotatable bonds is 5. The third kappa shape index (κ3) is 4.56. The van der Waals surface area contributed by atoms with E-state index in [0.29, 0.717) is 18.8 Å². The van der Waals surface area contributed by atoms with Gasteiger partial charge in [0.25, 0.3) is 5.91 Å². The van der Waals surface area contributed by atoms with Crippen molar-refractivity contribution in [3.05, 3.63) is 54.2 Å². The van der Waals surface area contributed by atoms with Crippen LogP contribution in [0.4, 0.5) is 5.69 Å². The van der Waals surface area contributed by atoms with Gasteiger partial charge in [-0.2, -0.15) is 4.37 Å². The Labute approximate surface area is 180 Å². The molecule has 4 rings (SSSR count). The number of nitrogens with one attached hydrogen (secondary N) is 1. The number of amides is 1. The fourth-order valence-electron chi connectivity index (χ4n) is 3.53. The van der Waals surface area contributed by atoms with Gasteiger partial charge in [0.15, 0.2) is 0 Å². The lowest BCUT2D eigenvalue weighted by molar-refractivity contribution is 0.0956. The van der Waals surface area contributed by atoms with Gasteiger partial charge in [0.05, 0.1) is 30.6 Å². The quantitative estimate of drug-likeness (QED) is 0.644. The Morgan fingerprint density at radius 3 is 2.70 bits per heavy atom. The highest BCUT2D eigenvalue weighted by Crippen LogP contribution is 2.28. The number of benzene rings is 2. The van der Waals surface area contributed by atoms with Gasteiger partial charge < -0.3 is 15.0 Å². The number of fused-ring (bicyclic) bond motifs is 1. The molecule has 154 valence electrons. The van der Waals surface area contributed by atoms with Gasteiger partial charge in [-0.25, -0.2) is 0 Å². The molecule has 2 heterocycles. The van der Waals surface area contributed by atoms with Crippen LogP contribution in [0, 0.1) is 11.8 Å². The van der Waals surface area contributed by atoms with E-state index in [1.165, 1.54) is 11.5 Å². The smallest absolute Gasteiger partial charge is 0.272 e. The average molecular weight is 421 g/mol. The summed E-state index contributed by atoms with van der Waals surface area (Å²) in [6.45, 7) is 4.81. The topological polar surface area (TPSA) is 57.7 Å². The molecule has 1 fully saturated rings. The molecular formula is C23H24N4O2S. The zero-order valence-corrected chi connectivity index (χ0v) is 17.7. The molecule has 1 aliphatic heterocycles. The second-order valence-corrected chi connectivity index (χ2v) is 7.80. The number of anilines is 1. The predicted octanol–water partition coefficient (Wildman–Crippen LogP) is 2.86. The molecule has 1 saturated heterocycles. The first-order valence-corrected chi connectivity index (χ1v) is 10.7. The molecule has 1 aromatic heterocycles. The molecule has 0 aliphatic carbocycles. The average Bonchev–Trinajstić information content (AvgIpc) is 3.23. The van der Waals surface area contributed by atoms with Crippen molar-refractivity contribution in [2.75, 3.05) is 51.3 Å². The Hall–Kier alpha value is -3.08. The maximum Gasteiger partial charge on any atom is 0.272 e. The number of piperazine rings is 1. The minimum absolute atomic E-state index is 0.174.